The third kappa shape index (κ3) is 1050. The fourth-order valence-electron chi connectivity index (χ4n) is 0.0504. The van der Waals surface area contributed by atoms with Gasteiger partial charge in [0, 0.05) is 13.8 Å². The zero-order valence-electron chi connectivity index (χ0n) is 7.55. The first-order valence-corrected chi connectivity index (χ1v) is 3.06. The molecule has 0 unspecified atom stereocenters. The van der Waals surface area contributed by atoms with Gasteiger partial charge < -0.3 is 15.3 Å². The molecule has 0 aromatic rings. The molecule has 0 aromatic heterocycles. The summed E-state index contributed by atoms with van der Waals surface area (Å²) in [5, 5.41) is 22.4. The van der Waals surface area contributed by atoms with Crippen LogP contribution in [0, 0.1) is 0 Å². The summed E-state index contributed by atoms with van der Waals surface area (Å²) in [7, 11) is 0. The monoisotopic (exact) mass is 206 g/mol. The van der Waals surface area contributed by atoms with Gasteiger partial charge in [-0.1, -0.05) is 0 Å². The molecular formula is C7H10O7. The Kier molecular flexibility index (Phi) is 17.1. The molecule has 0 fully saturated rings. The average Bonchev–Trinajstić information content (AvgIpc) is 1.82. The fourth-order valence-corrected chi connectivity index (χ4v) is 0.0504. The molecule has 14 heavy (non-hydrogen) atoms. The molecule has 0 saturated heterocycles. The lowest BCUT2D eigenvalue weighted by Gasteiger charge is -1.62. The standard InChI is InChI=1S/C3H2O3.2C2H4O2/c4-2-1-3(5)6;2*1-2(3)4/h1H,(H,5,6);2*1H3,(H,3,4). The van der Waals surface area contributed by atoms with Crippen LogP contribution in [0.15, 0.2) is 6.08 Å². The molecule has 0 spiro atoms. The van der Waals surface area contributed by atoms with Gasteiger partial charge in [-0.25, -0.2) is 9.59 Å². The topological polar surface area (TPSA) is 129 Å². The maximum absolute atomic E-state index is 9.28. The molecule has 7 nitrogen and oxygen atoms in total. The smallest absolute Gasteiger partial charge is 0.339 e. The summed E-state index contributed by atoms with van der Waals surface area (Å²) in [6.07, 6.45) is 0.403. The zero-order valence-corrected chi connectivity index (χ0v) is 7.55. The third-order valence-corrected chi connectivity index (χ3v) is 0.182. The summed E-state index contributed by atoms with van der Waals surface area (Å²) < 4.78 is 0. The van der Waals surface area contributed by atoms with Gasteiger partial charge in [0.15, 0.2) is 0 Å². The van der Waals surface area contributed by atoms with Gasteiger partial charge >= 0.3 is 5.97 Å². The molecule has 0 aliphatic heterocycles. The van der Waals surface area contributed by atoms with Gasteiger partial charge in [0.1, 0.15) is 12.0 Å². The van der Waals surface area contributed by atoms with Crippen molar-refractivity contribution in [2.45, 2.75) is 13.8 Å². The van der Waals surface area contributed by atoms with E-state index in [4.69, 9.17) is 29.7 Å². The van der Waals surface area contributed by atoms with Gasteiger partial charge in [-0.3, -0.25) is 9.59 Å². The number of aliphatic carboxylic acids is 3. The van der Waals surface area contributed by atoms with Gasteiger partial charge in [0.25, 0.3) is 11.9 Å². The Morgan fingerprint density at radius 2 is 1.21 bits per heavy atom. The van der Waals surface area contributed by atoms with Crippen molar-refractivity contribution in [2.75, 3.05) is 0 Å². The van der Waals surface area contributed by atoms with Crippen LogP contribution in [0.3, 0.4) is 0 Å². The summed E-state index contributed by atoms with van der Waals surface area (Å²) in [4.78, 5) is 36.3. The Morgan fingerprint density at radius 3 is 1.21 bits per heavy atom. The van der Waals surface area contributed by atoms with Crippen LogP contribution in [0.25, 0.3) is 0 Å². The second-order valence-corrected chi connectivity index (χ2v) is 1.64. The average molecular weight is 206 g/mol. The molecule has 0 aliphatic carbocycles. The number of carbonyl (C=O) groups is 3. The lowest BCUT2D eigenvalue weighted by molar-refractivity contribution is -0.135. The van der Waals surface area contributed by atoms with Crippen LogP contribution in [0.4, 0.5) is 0 Å². The van der Waals surface area contributed by atoms with E-state index in [9.17, 15) is 4.79 Å². The highest BCUT2D eigenvalue weighted by atomic mass is 16.4. The summed E-state index contributed by atoms with van der Waals surface area (Å²) in [6.45, 7) is 2.17. The quantitative estimate of drug-likeness (QED) is 0.394. The predicted octanol–water partition coefficient (Wildman–Crippen LogP) is -0.359. The molecule has 0 rings (SSSR count). The highest BCUT2D eigenvalue weighted by molar-refractivity contribution is 5.88. The SMILES string of the molecule is CC(=O)O.CC(=O)O.O=C=CC(=O)O. The van der Waals surface area contributed by atoms with Gasteiger partial charge in [0.2, 0.25) is 0 Å². The Hall–Kier alpha value is -2.14. The minimum Gasteiger partial charge on any atom is -0.481 e. The molecule has 0 radical (unpaired) electrons. The Morgan fingerprint density at radius 1 is 1.00 bits per heavy atom. The first-order chi connectivity index (χ1) is 6.23. The largest absolute Gasteiger partial charge is 0.481 e. The number of carbonyl (C=O) groups excluding carboxylic acids is 1. The molecule has 80 valence electrons. The summed E-state index contributed by atoms with van der Waals surface area (Å²) in [5.74, 6) is -1.83. The van der Waals surface area contributed by atoms with Crippen LogP contribution in [0.5, 0.6) is 0 Å². The van der Waals surface area contributed by atoms with Crippen molar-refractivity contribution < 1.29 is 34.5 Å². The summed E-state index contributed by atoms with van der Waals surface area (Å²) in [6, 6.07) is 0. The number of hydrogen-bond donors (Lipinski definition) is 3. The molecule has 0 atom stereocenters. The van der Waals surface area contributed by atoms with Crippen LogP contribution in [-0.4, -0.2) is 39.2 Å². The predicted molar refractivity (Wildman–Crippen MR) is 44.5 cm³/mol. The van der Waals surface area contributed by atoms with E-state index in [-0.39, 0.29) is 0 Å². The van der Waals surface area contributed by atoms with Crippen LogP contribution in [0.2, 0.25) is 0 Å². The molecule has 0 amide bonds. The van der Waals surface area contributed by atoms with Crippen molar-refractivity contribution in [1.29, 1.82) is 0 Å². The van der Waals surface area contributed by atoms with E-state index in [0.717, 1.165) is 19.8 Å². The second kappa shape index (κ2) is 13.4. The van der Waals surface area contributed by atoms with E-state index in [1.54, 1.807) is 0 Å². The van der Waals surface area contributed by atoms with Crippen molar-refractivity contribution in [2.24, 2.45) is 0 Å². The van der Waals surface area contributed by atoms with E-state index >= 15 is 0 Å². The lowest BCUT2D eigenvalue weighted by atomic mass is 10.7. The van der Waals surface area contributed by atoms with Crippen molar-refractivity contribution in [1.82, 2.24) is 0 Å². The zero-order chi connectivity index (χ0) is 12.1. The van der Waals surface area contributed by atoms with E-state index in [1.807, 2.05) is 0 Å². The van der Waals surface area contributed by atoms with E-state index in [0.29, 0.717) is 6.08 Å². The van der Waals surface area contributed by atoms with Gasteiger partial charge in [-0.05, 0) is 0 Å². The van der Waals surface area contributed by atoms with E-state index < -0.39 is 17.9 Å². The molecule has 0 heterocycles. The van der Waals surface area contributed by atoms with Crippen LogP contribution in [-0.2, 0) is 19.2 Å². The minimum atomic E-state index is -1.26. The van der Waals surface area contributed by atoms with Gasteiger partial charge in [-0.2, -0.15) is 0 Å². The van der Waals surface area contributed by atoms with Crippen molar-refractivity contribution >= 4 is 23.8 Å². The van der Waals surface area contributed by atoms with E-state index in [1.165, 1.54) is 0 Å². The van der Waals surface area contributed by atoms with Crippen molar-refractivity contribution in [3.8, 4) is 0 Å². The van der Waals surface area contributed by atoms with Crippen molar-refractivity contribution in [3.63, 3.8) is 0 Å². The fraction of sp³-hybridized carbons (Fsp3) is 0.286. The Bertz CT molecular complexity index is 216. The molecule has 3 N–H and O–H groups in total. The first-order valence-electron chi connectivity index (χ1n) is 3.06. The summed E-state index contributed by atoms with van der Waals surface area (Å²) in [5.41, 5.74) is 0. The molecule has 0 saturated carbocycles. The maximum atomic E-state index is 9.28. The number of carboxylic acid groups (broad SMARTS) is 3. The molecule has 0 aliphatic rings. The number of carboxylic acids is 3. The van der Waals surface area contributed by atoms with Crippen LogP contribution < -0.4 is 0 Å². The Labute approximate surface area is 79.3 Å². The molecule has 0 bridgehead atoms. The molecular weight excluding hydrogens is 196 g/mol. The molecule has 7 heteroatoms. The lowest BCUT2D eigenvalue weighted by Crippen LogP contribution is -1.84. The second-order valence-electron chi connectivity index (χ2n) is 1.64. The first kappa shape index (κ1) is 17.8. The van der Waals surface area contributed by atoms with Crippen LogP contribution >= 0.6 is 0 Å². The van der Waals surface area contributed by atoms with Gasteiger partial charge in [-0.15, -0.1) is 0 Å². The highest BCUT2D eigenvalue weighted by Gasteiger charge is 1.79. The summed E-state index contributed by atoms with van der Waals surface area (Å²) >= 11 is 0. The highest BCUT2D eigenvalue weighted by Crippen LogP contribution is 1.53. The molecule has 0 aromatic carbocycles. The third-order valence-electron chi connectivity index (χ3n) is 0.182. The number of hydrogen-bond acceptors (Lipinski definition) is 4. The van der Waals surface area contributed by atoms with Gasteiger partial charge in [0.05, 0.1) is 0 Å². The number of rotatable bonds is 1. The Balaban J connectivity index is -0.000000135. The normalized spacial score (nSPS) is 6.14. The van der Waals surface area contributed by atoms with Crippen molar-refractivity contribution in [3.05, 3.63) is 6.08 Å². The van der Waals surface area contributed by atoms with E-state index in [2.05, 4.69) is 0 Å². The van der Waals surface area contributed by atoms with Crippen LogP contribution in [0.1, 0.15) is 13.8 Å². The maximum Gasteiger partial charge on any atom is 0.339 e. The minimum absolute atomic E-state index is 0.403.